The van der Waals surface area contributed by atoms with E-state index >= 15 is 0 Å². The third-order valence-electron chi connectivity index (χ3n) is 3.79. The molecule has 1 amide bonds. The Morgan fingerprint density at radius 1 is 1.17 bits per heavy atom. The van der Waals surface area contributed by atoms with Crippen molar-refractivity contribution in [2.75, 3.05) is 18.4 Å². The average molecular weight is 329 g/mol. The number of rotatable bonds is 4. The van der Waals surface area contributed by atoms with Crippen LogP contribution in [0.4, 0.5) is 5.69 Å². The lowest BCUT2D eigenvalue weighted by atomic mass is 10.2. The molecular weight excluding hydrogens is 310 g/mol. The fourth-order valence-corrected chi connectivity index (χ4v) is 2.84. The van der Waals surface area contributed by atoms with Crippen LogP contribution in [0.2, 0.25) is 0 Å². The van der Waals surface area contributed by atoms with Gasteiger partial charge in [-0.15, -0.1) is 0 Å². The van der Waals surface area contributed by atoms with Crippen LogP contribution in [0.1, 0.15) is 29.0 Å². The molecule has 0 bridgehead atoms. The van der Waals surface area contributed by atoms with E-state index < -0.39 is 0 Å². The monoisotopic (exact) mass is 329 g/mol. The van der Waals surface area contributed by atoms with Crippen LogP contribution in [0.3, 0.4) is 0 Å². The number of nitrogens with zero attached hydrogens (tertiary/aromatic N) is 1. The van der Waals surface area contributed by atoms with Crippen LogP contribution >= 0.6 is 12.2 Å². The molecule has 120 valence electrons. The largest absolute Gasteiger partial charge is 0.459 e. The van der Waals surface area contributed by atoms with Gasteiger partial charge in [0.15, 0.2) is 10.9 Å². The summed E-state index contributed by atoms with van der Waals surface area (Å²) in [7, 11) is 0. The number of thiocarbonyl (C=S) groups is 1. The maximum Gasteiger partial charge on any atom is 0.293 e. The van der Waals surface area contributed by atoms with Gasteiger partial charge in [-0.1, -0.05) is 12.1 Å². The molecular formula is C17H19N3O2S. The van der Waals surface area contributed by atoms with E-state index in [-0.39, 0.29) is 16.8 Å². The second-order valence-corrected chi connectivity index (χ2v) is 5.97. The molecule has 2 N–H and O–H groups in total. The number of likely N-dealkylation sites (tertiary alicyclic amines) is 1. The lowest BCUT2D eigenvalue weighted by Crippen LogP contribution is -2.33. The topological polar surface area (TPSA) is 57.5 Å². The van der Waals surface area contributed by atoms with Gasteiger partial charge < -0.3 is 9.73 Å². The van der Waals surface area contributed by atoms with Gasteiger partial charge in [0, 0.05) is 12.2 Å². The minimum Gasteiger partial charge on any atom is -0.459 e. The van der Waals surface area contributed by atoms with Gasteiger partial charge in [-0.05, 0) is 68.0 Å². The number of carbonyl (C=O) groups is 1. The van der Waals surface area contributed by atoms with E-state index in [2.05, 4.69) is 27.7 Å². The number of furan rings is 1. The Hall–Kier alpha value is -2.18. The molecule has 0 saturated carbocycles. The van der Waals surface area contributed by atoms with E-state index in [1.165, 1.54) is 37.8 Å². The molecule has 3 rings (SSSR count). The van der Waals surface area contributed by atoms with Crippen molar-refractivity contribution < 1.29 is 9.21 Å². The summed E-state index contributed by atoms with van der Waals surface area (Å²) in [4.78, 5) is 14.3. The van der Waals surface area contributed by atoms with Crippen LogP contribution in [-0.4, -0.2) is 29.0 Å². The van der Waals surface area contributed by atoms with Crippen molar-refractivity contribution in [1.82, 2.24) is 10.2 Å². The molecule has 0 spiro atoms. The van der Waals surface area contributed by atoms with Crippen molar-refractivity contribution in [1.29, 1.82) is 0 Å². The van der Waals surface area contributed by atoms with Crippen LogP contribution in [-0.2, 0) is 6.54 Å². The first kappa shape index (κ1) is 15.7. The van der Waals surface area contributed by atoms with Gasteiger partial charge in [-0.25, -0.2) is 0 Å². The molecule has 2 heterocycles. The normalized spacial score (nSPS) is 14.6. The second-order valence-electron chi connectivity index (χ2n) is 5.57. The van der Waals surface area contributed by atoms with Crippen molar-refractivity contribution >= 4 is 28.9 Å². The highest BCUT2D eigenvalue weighted by molar-refractivity contribution is 7.80. The Kier molecular flexibility index (Phi) is 5.05. The van der Waals surface area contributed by atoms with Crippen LogP contribution in [0.15, 0.2) is 47.1 Å². The van der Waals surface area contributed by atoms with Crippen molar-refractivity contribution in [3.05, 3.63) is 54.0 Å². The van der Waals surface area contributed by atoms with Crippen LogP contribution in [0, 0.1) is 0 Å². The van der Waals surface area contributed by atoms with E-state index in [4.69, 9.17) is 16.6 Å². The first-order valence-electron chi connectivity index (χ1n) is 7.68. The molecule has 0 aliphatic carbocycles. The fraction of sp³-hybridized carbons (Fsp3) is 0.294. The summed E-state index contributed by atoms with van der Waals surface area (Å²) in [6.45, 7) is 3.35. The zero-order valence-corrected chi connectivity index (χ0v) is 13.6. The molecule has 1 aromatic carbocycles. The SMILES string of the molecule is O=C(NC(=S)Nc1ccc(CN2CCCC2)cc1)c1ccco1. The molecule has 1 aliphatic rings. The third-order valence-corrected chi connectivity index (χ3v) is 3.99. The molecule has 1 aliphatic heterocycles. The summed E-state index contributed by atoms with van der Waals surface area (Å²) in [5.41, 5.74) is 2.13. The first-order chi connectivity index (χ1) is 11.2. The molecule has 0 radical (unpaired) electrons. The maximum atomic E-state index is 11.8. The van der Waals surface area contributed by atoms with Crippen molar-refractivity contribution in [3.8, 4) is 0 Å². The number of benzene rings is 1. The van der Waals surface area contributed by atoms with E-state index in [1.54, 1.807) is 12.1 Å². The highest BCUT2D eigenvalue weighted by atomic mass is 32.1. The van der Waals surface area contributed by atoms with Gasteiger partial charge in [-0.2, -0.15) is 0 Å². The summed E-state index contributed by atoms with van der Waals surface area (Å²) in [6, 6.07) is 11.3. The smallest absolute Gasteiger partial charge is 0.293 e. The van der Waals surface area contributed by atoms with Crippen LogP contribution in [0.5, 0.6) is 0 Å². The van der Waals surface area contributed by atoms with Crippen molar-refractivity contribution in [2.45, 2.75) is 19.4 Å². The second kappa shape index (κ2) is 7.39. The third kappa shape index (κ3) is 4.40. The number of hydrogen-bond acceptors (Lipinski definition) is 4. The number of hydrogen-bond donors (Lipinski definition) is 2. The predicted octanol–water partition coefficient (Wildman–Crippen LogP) is 3.00. The Morgan fingerprint density at radius 3 is 2.57 bits per heavy atom. The Bertz CT molecular complexity index is 662. The van der Waals surface area contributed by atoms with E-state index in [1.807, 2.05) is 12.1 Å². The van der Waals surface area contributed by atoms with E-state index in [9.17, 15) is 4.79 Å². The fourth-order valence-electron chi connectivity index (χ4n) is 2.63. The maximum absolute atomic E-state index is 11.8. The minimum atomic E-state index is -0.363. The standard InChI is InChI=1S/C17H19N3O2S/c21-16(15-4-3-11-22-15)19-17(23)18-14-7-5-13(6-8-14)12-20-9-1-2-10-20/h3-8,11H,1-2,9-10,12H2,(H2,18,19,21,23). The average Bonchev–Trinajstić information content (AvgIpc) is 3.22. The summed E-state index contributed by atoms with van der Waals surface area (Å²) < 4.78 is 5.02. The number of amides is 1. The highest BCUT2D eigenvalue weighted by Gasteiger charge is 2.12. The molecule has 1 fully saturated rings. The highest BCUT2D eigenvalue weighted by Crippen LogP contribution is 2.15. The molecule has 6 heteroatoms. The minimum absolute atomic E-state index is 0.232. The molecule has 1 aromatic heterocycles. The number of nitrogens with one attached hydrogen (secondary N) is 2. The Balaban J connectivity index is 1.51. The summed E-state index contributed by atoms with van der Waals surface area (Å²) in [5.74, 6) is -0.131. The number of carbonyl (C=O) groups excluding carboxylic acids is 1. The van der Waals surface area contributed by atoms with Gasteiger partial charge in [-0.3, -0.25) is 15.0 Å². The lowest BCUT2D eigenvalue weighted by Gasteiger charge is -2.15. The summed E-state index contributed by atoms with van der Waals surface area (Å²) in [5, 5.41) is 5.83. The molecule has 1 saturated heterocycles. The predicted molar refractivity (Wildman–Crippen MR) is 93.3 cm³/mol. The van der Waals surface area contributed by atoms with Crippen molar-refractivity contribution in [3.63, 3.8) is 0 Å². The molecule has 2 aromatic rings. The lowest BCUT2D eigenvalue weighted by molar-refractivity contribution is 0.0950. The van der Waals surface area contributed by atoms with Gasteiger partial charge in [0.05, 0.1) is 6.26 Å². The molecule has 0 atom stereocenters. The molecule has 0 unspecified atom stereocenters. The van der Waals surface area contributed by atoms with Gasteiger partial charge in [0.2, 0.25) is 0 Å². The quantitative estimate of drug-likeness (QED) is 0.845. The van der Waals surface area contributed by atoms with Crippen LogP contribution in [0.25, 0.3) is 0 Å². The van der Waals surface area contributed by atoms with E-state index in [0.717, 1.165) is 12.2 Å². The number of anilines is 1. The van der Waals surface area contributed by atoms with Gasteiger partial charge in [0.1, 0.15) is 0 Å². The molecule has 5 nitrogen and oxygen atoms in total. The Labute approximate surface area is 140 Å². The van der Waals surface area contributed by atoms with E-state index in [0.29, 0.717) is 0 Å². The van der Waals surface area contributed by atoms with Gasteiger partial charge in [0.25, 0.3) is 5.91 Å². The van der Waals surface area contributed by atoms with Gasteiger partial charge >= 0.3 is 0 Å². The zero-order valence-electron chi connectivity index (χ0n) is 12.7. The summed E-state index contributed by atoms with van der Waals surface area (Å²) >= 11 is 5.14. The first-order valence-corrected chi connectivity index (χ1v) is 8.09. The zero-order chi connectivity index (χ0) is 16.1. The molecule has 23 heavy (non-hydrogen) atoms. The Morgan fingerprint density at radius 2 is 1.91 bits per heavy atom. The van der Waals surface area contributed by atoms with Crippen LogP contribution < -0.4 is 10.6 Å². The summed E-state index contributed by atoms with van der Waals surface area (Å²) in [6.07, 6.45) is 4.04. The van der Waals surface area contributed by atoms with Crippen molar-refractivity contribution in [2.24, 2.45) is 0 Å².